The van der Waals surface area contributed by atoms with E-state index in [1.807, 2.05) is 0 Å². The van der Waals surface area contributed by atoms with Crippen LogP contribution in [0.25, 0.3) is 0 Å². The normalized spacial score (nSPS) is 33.0. The molecule has 0 fully saturated rings. The molecule has 0 aromatic heterocycles. The van der Waals surface area contributed by atoms with Crippen LogP contribution in [0.1, 0.15) is 40.5 Å². The molecule has 9 nitrogen and oxygen atoms in total. The molecule has 1 heterocycles. The van der Waals surface area contributed by atoms with Crippen molar-refractivity contribution in [2.24, 2.45) is 0 Å². The number of Topliss-reactive ketones (excluding diaryl/α,β-unsaturated/α-hetero) is 1. The average Bonchev–Trinajstić information content (AvgIpc) is 2.57. The first-order valence-electron chi connectivity index (χ1n) is 8.75. The van der Waals surface area contributed by atoms with Gasteiger partial charge in [0.25, 0.3) is 0 Å². The Bertz CT molecular complexity index is 583. The lowest BCUT2D eigenvalue weighted by molar-refractivity contribution is -0.168. The molecule has 1 aliphatic rings. The number of ether oxygens (including phenoxy) is 4. The number of esters is 3. The van der Waals surface area contributed by atoms with Crippen LogP contribution in [0.3, 0.4) is 0 Å². The van der Waals surface area contributed by atoms with Gasteiger partial charge >= 0.3 is 17.9 Å². The van der Waals surface area contributed by atoms with Gasteiger partial charge in [0.2, 0.25) is 0 Å². The van der Waals surface area contributed by atoms with Crippen LogP contribution < -0.4 is 0 Å². The van der Waals surface area contributed by atoms with E-state index in [2.05, 4.69) is 0 Å². The maximum atomic E-state index is 12.3. The highest BCUT2D eigenvalue weighted by Crippen LogP contribution is 2.12. The van der Waals surface area contributed by atoms with Crippen LogP contribution in [-0.2, 0) is 38.1 Å². The molecule has 152 valence electrons. The number of carbonyl (C=O) groups is 4. The van der Waals surface area contributed by atoms with Gasteiger partial charge in [-0.25, -0.2) is 9.59 Å². The Labute approximate surface area is 157 Å². The summed E-state index contributed by atoms with van der Waals surface area (Å²) in [6.45, 7) is 6.10. The molecule has 0 saturated carbocycles. The van der Waals surface area contributed by atoms with E-state index in [4.69, 9.17) is 18.9 Å². The zero-order valence-electron chi connectivity index (χ0n) is 15.9. The maximum absolute atomic E-state index is 12.3. The predicted molar refractivity (Wildman–Crippen MR) is 91.5 cm³/mol. The van der Waals surface area contributed by atoms with Gasteiger partial charge in [0.05, 0.1) is 6.42 Å². The highest BCUT2D eigenvalue weighted by molar-refractivity contribution is 5.90. The quantitative estimate of drug-likeness (QED) is 0.532. The molecular formula is C18H26O9. The summed E-state index contributed by atoms with van der Waals surface area (Å²) in [6.07, 6.45) is -3.84. The molecule has 0 unspecified atom stereocenters. The number of hydrogen-bond donors (Lipinski definition) is 1. The summed E-state index contributed by atoms with van der Waals surface area (Å²) in [5, 5.41) is 9.99. The molecule has 1 rings (SSSR count). The maximum Gasteiger partial charge on any atom is 0.336 e. The van der Waals surface area contributed by atoms with Crippen molar-refractivity contribution in [2.75, 3.05) is 6.61 Å². The molecule has 1 N–H and O–H groups in total. The minimum atomic E-state index is -1.27. The lowest BCUT2D eigenvalue weighted by Gasteiger charge is -2.22. The summed E-state index contributed by atoms with van der Waals surface area (Å²) in [7, 11) is 0. The molecule has 0 aliphatic carbocycles. The topological polar surface area (TPSA) is 125 Å². The number of hydrogen-bond acceptors (Lipinski definition) is 9. The van der Waals surface area contributed by atoms with Crippen LogP contribution >= 0.6 is 0 Å². The third-order valence-corrected chi connectivity index (χ3v) is 3.76. The molecule has 0 amide bonds. The minimum Gasteiger partial charge on any atom is -0.459 e. The molecule has 27 heavy (non-hydrogen) atoms. The number of cyclic esters (lactones) is 3. The highest BCUT2D eigenvalue weighted by Gasteiger charge is 2.30. The number of aliphatic hydroxyl groups excluding tert-OH is 1. The zero-order valence-corrected chi connectivity index (χ0v) is 15.9. The molecule has 0 bridgehead atoms. The van der Waals surface area contributed by atoms with E-state index in [9.17, 15) is 24.3 Å². The lowest BCUT2D eigenvalue weighted by Crippen LogP contribution is -2.37. The highest BCUT2D eigenvalue weighted by atomic mass is 16.6. The standard InChI is InChI=1S/C18H26O9/c1-5-24-15-9-14(20)12(4)26-17(22)8-10(2)25-16(21)7-6-13(19)11(3)27-18(15)23/h6-7,10-13,15,19H,5,8-9H2,1-4H3/b7-6-/t10-,11-,12-,13+,15-/m0/s1. The second-order valence-corrected chi connectivity index (χ2v) is 6.19. The van der Waals surface area contributed by atoms with E-state index in [-0.39, 0.29) is 19.4 Å². The van der Waals surface area contributed by atoms with Crippen LogP contribution in [-0.4, -0.2) is 65.9 Å². The molecule has 1 aliphatic heterocycles. The first-order valence-corrected chi connectivity index (χ1v) is 8.75. The van der Waals surface area contributed by atoms with Gasteiger partial charge in [-0.2, -0.15) is 0 Å². The zero-order chi connectivity index (χ0) is 20.6. The van der Waals surface area contributed by atoms with Crippen molar-refractivity contribution < 1.29 is 43.2 Å². The fourth-order valence-corrected chi connectivity index (χ4v) is 2.25. The smallest absolute Gasteiger partial charge is 0.336 e. The average molecular weight is 386 g/mol. The molecule has 5 atom stereocenters. The first kappa shape index (κ1) is 22.8. The fraction of sp³-hybridized carbons (Fsp3) is 0.667. The van der Waals surface area contributed by atoms with Crippen LogP contribution in [0.4, 0.5) is 0 Å². The van der Waals surface area contributed by atoms with E-state index >= 15 is 0 Å². The number of rotatable bonds is 2. The second kappa shape index (κ2) is 10.8. The van der Waals surface area contributed by atoms with Crippen molar-refractivity contribution >= 4 is 23.7 Å². The van der Waals surface area contributed by atoms with E-state index < -0.39 is 54.2 Å². The van der Waals surface area contributed by atoms with Crippen molar-refractivity contribution in [1.29, 1.82) is 0 Å². The van der Waals surface area contributed by atoms with Gasteiger partial charge in [-0.3, -0.25) is 9.59 Å². The third-order valence-electron chi connectivity index (χ3n) is 3.76. The Balaban J connectivity index is 3.02. The molecule has 0 radical (unpaired) electrons. The summed E-state index contributed by atoms with van der Waals surface area (Å²) in [5.74, 6) is -2.87. The van der Waals surface area contributed by atoms with E-state index in [0.29, 0.717) is 0 Å². The van der Waals surface area contributed by atoms with Gasteiger partial charge in [0.1, 0.15) is 18.3 Å². The van der Waals surface area contributed by atoms with Crippen LogP contribution in [0, 0.1) is 0 Å². The SMILES string of the molecule is CCO[C@H]1CC(=O)[C@H](C)OC(=O)C[C@H](C)OC(=O)/C=C\[C@@H](O)[C@H](C)OC1=O. The third kappa shape index (κ3) is 7.88. The molecule has 0 aromatic rings. The molecule has 0 aromatic carbocycles. The lowest BCUT2D eigenvalue weighted by atomic mass is 10.1. The van der Waals surface area contributed by atoms with Crippen LogP contribution in [0.15, 0.2) is 12.2 Å². The number of aliphatic hydroxyl groups is 1. The number of ketones is 1. The van der Waals surface area contributed by atoms with Gasteiger partial charge in [0.15, 0.2) is 18.0 Å². The van der Waals surface area contributed by atoms with Crippen LogP contribution in [0.5, 0.6) is 0 Å². The molecular weight excluding hydrogens is 360 g/mol. The Morgan fingerprint density at radius 2 is 1.74 bits per heavy atom. The van der Waals surface area contributed by atoms with Crippen molar-refractivity contribution in [2.45, 2.75) is 71.1 Å². The van der Waals surface area contributed by atoms with Crippen molar-refractivity contribution in [1.82, 2.24) is 0 Å². The van der Waals surface area contributed by atoms with Gasteiger partial charge in [-0.1, -0.05) is 0 Å². The summed E-state index contributed by atoms with van der Waals surface area (Å²) in [5.41, 5.74) is 0. The molecule has 9 heteroatoms. The van der Waals surface area contributed by atoms with E-state index in [1.165, 1.54) is 20.8 Å². The summed E-state index contributed by atoms with van der Waals surface area (Å²) in [6, 6.07) is 0. The van der Waals surface area contributed by atoms with Gasteiger partial charge < -0.3 is 24.1 Å². The summed E-state index contributed by atoms with van der Waals surface area (Å²) >= 11 is 0. The van der Waals surface area contributed by atoms with Crippen molar-refractivity contribution in [3.63, 3.8) is 0 Å². The first-order chi connectivity index (χ1) is 12.6. The summed E-state index contributed by atoms with van der Waals surface area (Å²) in [4.78, 5) is 48.1. The van der Waals surface area contributed by atoms with E-state index in [0.717, 1.165) is 12.2 Å². The van der Waals surface area contributed by atoms with Gasteiger partial charge in [0, 0.05) is 19.1 Å². The Morgan fingerprint density at radius 1 is 1.07 bits per heavy atom. The Kier molecular flexibility index (Phi) is 9.10. The summed E-state index contributed by atoms with van der Waals surface area (Å²) < 4.78 is 20.4. The van der Waals surface area contributed by atoms with E-state index in [1.54, 1.807) is 6.92 Å². The molecule has 0 spiro atoms. The van der Waals surface area contributed by atoms with Crippen molar-refractivity contribution in [3.8, 4) is 0 Å². The largest absolute Gasteiger partial charge is 0.459 e. The van der Waals surface area contributed by atoms with Crippen molar-refractivity contribution in [3.05, 3.63) is 12.2 Å². The van der Waals surface area contributed by atoms with Gasteiger partial charge in [-0.15, -0.1) is 0 Å². The Morgan fingerprint density at radius 3 is 2.37 bits per heavy atom. The van der Waals surface area contributed by atoms with Gasteiger partial charge in [-0.05, 0) is 33.8 Å². The predicted octanol–water partition coefficient (Wildman–Crippen LogP) is 0.467. The molecule has 0 saturated heterocycles. The minimum absolute atomic E-state index is 0.154. The van der Waals surface area contributed by atoms with Crippen LogP contribution in [0.2, 0.25) is 0 Å². The monoisotopic (exact) mass is 386 g/mol. The fourth-order valence-electron chi connectivity index (χ4n) is 2.25. The number of carbonyl (C=O) groups excluding carboxylic acids is 4. The second-order valence-electron chi connectivity index (χ2n) is 6.19. The Hall–Kier alpha value is -2.26.